The fourth-order valence-electron chi connectivity index (χ4n) is 2.11. The molecule has 1 aromatic carbocycles. The molecule has 2 N–H and O–H groups in total. The van der Waals surface area contributed by atoms with Crippen LogP contribution in [0.15, 0.2) is 48.8 Å². The minimum atomic E-state index is 0.0462. The highest BCUT2D eigenvalue weighted by Crippen LogP contribution is 2.16. The summed E-state index contributed by atoms with van der Waals surface area (Å²) in [5.74, 6) is 0. The third-order valence-electron chi connectivity index (χ3n) is 3.12. The lowest BCUT2D eigenvalue weighted by Gasteiger charge is -2.12. The molecule has 0 amide bonds. The van der Waals surface area contributed by atoms with E-state index in [4.69, 9.17) is 5.73 Å². The fraction of sp³-hybridized carbons (Fsp3) is 0.312. The first-order valence-corrected chi connectivity index (χ1v) is 6.53. The van der Waals surface area contributed by atoms with Crippen LogP contribution >= 0.6 is 0 Å². The summed E-state index contributed by atoms with van der Waals surface area (Å²) in [6.07, 6.45) is 6.82. The predicted molar refractivity (Wildman–Crippen MR) is 75.3 cm³/mol. The normalized spacial score (nSPS) is 12.3. The van der Waals surface area contributed by atoms with Crippen LogP contribution in [0.3, 0.4) is 0 Å². The van der Waals surface area contributed by atoms with E-state index in [0.29, 0.717) is 0 Å². The van der Waals surface area contributed by atoms with Crippen molar-refractivity contribution in [2.24, 2.45) is 5.73 Å². The van der Waals surface area contributed by atoms with Crippen molar-refractivity contribution in [3.63, 3.8) is 0 Å². The molecule has 0 aliphatic rings. The van der Waals surface area contributed by atoms with Gasteiger partial charge in [-0.25, -0.2) is 0 Å². The third kappa shape index (κ3) is 3.41. The molecule has 0 aliphatic carbocycles. The van der Waals surface area contributed by atoms with Crippen molar-refractivity contribution < 1.29 is 0 Å². The van der Waals surface area contributed by atoms with E-state index in [1.165, 1.54) is 23.1 Å². The minimum absolute atomic E-state index is 0.0462. The molecule has 0 bridgehead atoms. The molecule has 18 heavy (non-hydrogen) atoms. The van der Waals surface area contributed by atoms with Crippen LogP contribution in [0.4, 0.5) is 0 Å². The number of aryl methyl sites for hydroxylation is 1. The largest absolute Gasteiger partial charge is 0.324 e. The fourth-order valence-corrected chi connectivity index (χ4v) is 2.11. The summed E-state index contributed by atoms with van der Waals surface area (Å²) in [6, 6.07) is 12.7. The molecule has 1 aromatic heterocycles. The highest BCUT2D eigenvalue weighted by Gasteiger charge is 2.06. The molecular weight excluding hydrogens is 220 g/mol. The summed E-state index contributed by atoms with van der Waals surface area (Å²) < 4.78 is 0. The Morgan fingerprint density at radius 1 is 1.11 bits per heavy atom. The van der Waals surface area contributed by atoms with Gasteiger partial charge in [0.1, 0.15) is 0 Å². The Bertz CT molecular complexity index is 462. The Hall–Kier alpha value is -1.67. The van der Waals surface area contributed by atoms with Crippen LogP contribution in [0.2, 0.25) is 0 Å². The topological polar surface area (TPSA) is 38.9 Å². The van der Waals surface area contributed by atoms with E-state index in [2.05, 4.69) is 42.2 Å². The first kappa shape index (κ1) is 12.8. The van der Waals surface area contributed by atoms with Gasteiger partial charge < -0.3 is 5.73 Å². The lowest BCUT2D eigenvalue weighted by molar-refractivity contribution is 0.719. The molecule has 0 saturated heterocycles. The number of aromatic nitrogens is 1. The molecule has 0 saturated carbocycles. The van der Waals surface area contributed by atoms with Crippen molar-refractivity contribution in [1.29, 1.82) is 0 Å². The van der Waals surface area contributed by atoms with Gasteiger partial charge in [0.25, 0.3) is 0 Å². The summed E-state index contributed by atoms with van der Waals surface area (Å²) in [5, 5.41) is 0. The van der Waals surface area contributed by atoms with Crippen molar-refractivity contribution in [1.82, 2.24) is 4.98 Å². The van der Waals surface area contributed by atoms with Gasteiger partial charge in [-0.3, -0.25) is 4.98 Å². The van der Waals surface area contributed by atoms with E-state index in [9.17, 15) is 0 Å². The van der Waals surface area contributed by atoms with Gasteiger partial charge in [-0.05, 0) is 35.6 Å². The van der Waals surface area contributed by atoms with Crippen molar-refractivity contribution in [3.05, 3.63) is 65.5 Å². The van der Waals surface area contributed by atoms with E-state index in [1.807, 2.05) is 12.3 Å². The van der Waals surface area contributed by atoms with Crippen molar-refractivity contribution in [2.75, 3.05) is 0 Å². The molecule has 2 heteroatoms. The predicted octanol–water partition coefficient (Wildman–Crippen LogP) is 3.28. The van der Waals surface area contributed by atoms with Crippen molar-refractivity contribution >= 4 is 0 Å². The Kier molecular flexibility index (Phi) is 4.48. The lowest BCUT2D eigenvalue weighted by atomic mass is 9.99. The second-order valence-electron chi connectivity index (χ2n) is 4.66. The lowest BCUT2D eigenvalue weighted by Crippen LogP contribution is -2.13. The molecule has 0 fully saturated rings. The molecule has 1 unspecified atom stereocenters. The maximum atomic E-state index is 6.22. The highest BCUT2D eigenvalue weighted by molar-refractivity contribution is 5.26. The standard InChI is InChI=1S/C16H20N2/c1-2-4-13-6-8-15(9-7-13)16(17)11-14-5-3-10-18-12-14/h3,5-10,12,16H,2,4,11,17H2,1H3. The SMILES string of the molecule is CCCc1ccc(C(N)Cc2cccnc2)cc1. The van der Waals surface area contributed by atoms with Crippen molar-refractivity contribution in [2.45, 2.75) is 32.2 Å². The zero-order valence-corrected chi connectivity index (χ0v) is 10.8. The average Bonchev–Trinajstić information content (AvgIpc) is 2.41. The van der Waals surface area contributed by atoms with E-state index in [0.717, 1.165) is 12.8 Å². The van der Waals surface area contributed by atoms with Crippen LogP contribution in [0.25, 0.3) is 0 Å². The quantitative estimate of drug-likeness (QED) is 0.871. The maximum absolute atomic E-state index is 6.22. The van der Waals surface area contributed by atoms with Crippen LogP contribution in [0.1, 0.15) is 36.1 Å². The third-order valence-corrected chi connectivity index (χ3v) is 3.12. The second-order valence-corrected chi connectivity index (χ2v) is 4.66. The van der Waals surface area contributed by atoms with Crippen LogP contribution in [-0.4, -0.2) is 4.98 Å². The number of hydrogen-bond acceptors (Lipinski definition) is 2. The maximum Gasteiger partial charge on any atom is 0.0336 e. The van der Waals surface area contributed by atoms with Gasteiger partial charge in [0, 0.05) is 18.4 Å². The summed E-state index contributed by atoms with van der Waals surface area (Å²) in [5.41, 5.74) is 9.98. The monoisotopic (exact) mass is 240 g/mol. The van der Waals surface area contributed by atoms with Gasteiger partial charge in [-0.2, -0.15) is 0 Å². The Balaban J connectivity index is 2.02. The number of nitrogens with two attached hydrogens (primary N) is 1. The molecule has 94 valence electrons. The summed E-state index contributed by atoms with van der Waals surface area (Å²) >= 11 is 0. The highest BCUT2D eigenvalue weighted by atomic mass is 14.6. The van der Waals surface area contributed by atoms with Gasteiger partial charge in [-0.1, -0.05) is 43.7 Å². The number of rotatable bonds is 5. The van der Waals surface area contributed by atoms with E-state index >= 15 is 0 Å². The molecule has 2 rings (SSSR count). The first-order chi connectivity index (χ1) is 8.79. The zero-order valence-electron chi connectivity index (χ0n) is 10.8. The van der Waals surface area contributed by atoms with Crippen LogP contribution in [0.5, 0.6) is 0 Å². The van der Waals surface area contributed by atoms with Gasteiger partial charge in [0.05, 0.1) is 0 Å². The number of benzene rings is 1. The van der Waals surface area contributed by atoms with Crippen LogP contribution < -0.4 is 5.73 Å². The number of nitrogens with zero attached hydrogens (tertiary/aromatic N) is 1. The number of hydrogen-bond donors (Lipinski definition) is 1. The smallest absolute Gasteiger partial charge is 0.0336 e. The molecule has 2 aromatic rings. The average molecular weight is 240 g/mol. The molecule has 0 radical (unpaired) electrons. The van der Waals surface area contributed by atoms with E-state index in [-0.39, 0.29) is 6.04 Å². The van der Waals surface area contributed by atoms with E-state index in [1.54, 1.807) is 6.20 Å². The summed E-state index contributed by atoms with van der Waals surface area (Å²) in [7, 11) is 0. The van der Waals surface area contributed by atoms with E-state index < -0.39 is 0 Å². The van der Waals surface area contributed by atoms with Gasteiger partial charge in [-0.15, -0.1) is 0 Å². The summed E-state index contributed by atoms with van der Waals surface area (Å²) in [4.78, 5) is 4.11. The van der Waals surface area contributed by atoms with Crippen molar-refractivity contribution in [3.8, 4) is 0 Å². The minimum Gasteiger partial charge on any atom is -0.324 e. The van der Waals surface area contributed by atoms with Crippen LogP contribution in [-0.2, 0) is 12.8 Å². The molecule has 0 spiro atoms. The number of pyridine rings is 1. The Morgan fingerprint density at radius 3 is 2.50 bits per heavy atom. The summed E-state index contributed by atoms with van der Waals surface area (Å²) in [6.45, 7) is 2.20. The first-order valence-electron chi connectivity index (χ1n) is 6.53. The van der Waals surface area contributed by atoms with Gasteiger partial charge in [0.2, 0.25) is 0 Å². The zero-order chi connectivity index (χ0) is 12.8. The molecule has 1 heterocycles. The second kappa shape index (κ2) is 6.31. The molecular formula is C16H20N2. The molecule has 2 nitrogen and oxygen atoms in total. The van der Waals surface area contributed by atoms with Gasteiger partial charge in [0.15, 0.2) is 0 Å². The molecule has 1 atom stereocenters. The Labute approximate surface area is 109 Å². The Morgan fingerprint density at radius 2 is 1.89 bits per heavy atom. The van der Waals surface area contributed by atoms with Gasteiger partial charge >= 0.3 is 0 Å². The van der Waals surface area contributed by atoms with Crippen LogP contribution in [0, 0.1) is 0 Å². The molecule has 0 aliphatic heterocycles.